The lowest BCUT2D eigenvalue weighted by Crippen LogP contribution is -2.56. The molecule has 0 aromatic rings. The minimum Gasteiger partial charge on any atom is -0.388 e. The smallest absolute Gasteiger partial charge is 0.0809 e. The monoisotopic (exact) mass is 274 g/mol. The van der Waals surface area contributed by atoms with E-state index >= 15 is 0 Å². The fraction of sp³-hybridized carbons (Fsp3) is 0.895. The summed E-state index contributed by atoms with van der Waals surface area (Å²) >= 11 is 0. The third kappa shape index (κ3) is 1.43. The maximum absolute atomic E-state index is 10.9. The molecular weight excluding hydrogens is 244 g/mol. The Labute approximate surface area is 123 Å². The Bertz CT molecular complexity index is 441. The van der Waals surface area contributed by atoms with E-state index in [4.69, 9.17) is 0 Å². The molecule has 4 fully saturated rings. The zero-order valence-electron chi connectivity index (χ0n) is 13.2. The number of hydrogen-bond acceptors (Lipinski definition) is 1. The van der Waals surface area contributed by atoms with Gasteiger partial charge in [-0.15, -0.1) is 0 Å². The maximum atomic E-state index is 10.9. The predicted octanol–water partition coefficient (Wildman–Crippen LogP) is 4.56. The zero-order valence-corrected chi connectivity index (χ0v) is 13.2. The number of fused-ring (bicyclic) bond motifs is 3. The van der Waals surface area contributed by atoms with Crippen LogP contribution in [0.5, 0.6) is 0 Å². The van der Waals surface area contributed by atoms with Crippen LogP contribution in [0.2, 0.25) is 0 Å². The van der Waals surface area contributed by atoms with Gasteiger partial charge in [0.1, 0.15) is 0 Å². The van der Waals surface area contributed by atoms with Gasteiger partial charge in [-0.1, -0.05) is 33.3 Å². The standard InChI is InChI=1S/C19H30O/c1-12-5-4-9-18(3)15(12)8-10-19-11-14(6-7-16(18)19)13(2)17(19)20/h12,14-17,20H,2,4-11H2,1,3H3/t12-,14-,15-,16+,17+,18-,19-/m1/s1. The molecule has 4 rings (SSSR count). The average molecular weight is 274 g/mol. The molecule has 0 aromatic heterocycles. The van der Waals surface area contributed by atoms with Crippen molar-refractivity contribution in [3.8, 4) is 0 Å². The van der Waals surface area contributed by atoms with Crippen molar-refractivity contribution in [2.75, 3.05) is 0 Å². The highest BCUT2D eigenvalue weighted by molar-refractivity contribution is 5.26. The van der Waals surface area contributed by atoms with E-state index in [2.05, 4.69) is 20.4 Å². The number of aliphatic hydroxyl groups excluding tert-OH is 1. The maximum Gasteiger partial charge on any atom is 0.0809 e. The number of aliphatic hydroxyl groups is 1. The van der Waals surface area contributed by atoms with Gasteiger partial charge in [0, 0.05) is 5.41 Å². The normalized spacial score (nSPS) is 58.1. The summed E-state index contributed by atoms with van der Waals surface area (Å²) < 4.78 is 0. The van der Waals surface area contributed by atoms with Crippen LogP contribution in [0.15, 0.2) is 12.2 Å². The molecular formula is C19H30O. The van der Waals surface area contributed by atoms with Crippen LogP contribution in [0, 0.1) is 34.5 Å². The van der Waals surface area contributed by atoms with Gasteiger partial charge in [0.2, 0.25) is 0 Å². The lowest BCUT2D eigenvalue weighted by Gasteiger charge is -2.62. The summed E-state index contributed by atoms with van der Waals surface area (Å²) in [4.78, 5) is 0. The van der Waals surface area contributed by atoms with Crippen molar-refractivity contribution in [2.24, 2.45) is 34.5 Å². The van der Waals surface area contributed by atoms with Gasteiger partial charge in [-0.05, 0) is 73.2 Å². The lowest BCUT2D eigenvalue weighted by molar-refractivity contribution is -0.148. The quantitative estimate of drug-likeness (QED) is 0.642. The Morgan fingerprint density at radius 3 is 2.75 bits per heavy atom. The van der Waals surface area contributed by atoms with E-state index in [-0.39, 0.29) is 11.5 Å². The molecule has 1 spiro atoms. The van der Waals surface area contributed by atoms with Crippen molar-refractivity contribution in [3.63, 3.8) is 0 Å². The highest BCUT2D eigenvalue weighted by Crippen LogP contribution is 2.70. The molecule has 112 valence electrons. The second kappa shape index (κ2) is 4.12. The molecule has 0 radical (unpaired) electrons. The molecule has 7 atom stereocenters. The second-order valence-electron chi connectivity index (χ2n) is 8.76. The van der Waals surface area contributed by atoms with Gasteiger partial charge < -0.3 is 5.11 Å². The van der Waals surface area contributed by atoms with Crippen LogP contribution in [0.1, 0.15) is 65.2 Å². The number of rotatable bonds is 0. The molecule has 0 saturated heterocycles. The van der Waals surface area contributed by atoms with Crippen LogP contribution in [0.4, 0.5) is 0 Å². The van der Waals surface area contributed by atoms with Crippen molar-refractivity contribution in [2.45, 2.75) is 71.3 Å². The van der Waals surface area contributed by atoms with E-state index < -0.39 is 0 Å². The summed E-state index contributed by atoms with van der Waals surface area (Å²) in [6, 6.07) is 0. The van der Waals surface area contributed by atoms with Gasteiger partial charge in [-0.3, -0.25) is 0 Å². The van der Waals surface area contributed by atoms with Crippen LogP contribution in [0.3, 0.4) is 0 Å². The Morgan fingerprint density at radius 1 is 1.15 bits per heavy atom. The average Bonchev–Trinajstić information content (AvgIpc) is 2.60. The first-order valence-electron chi connectivity index (χ1n) is 8.86. The van der Waals surface area contributed by atoms with E-state index in [1.54, 1.807) is 0 Å². The molecule has 2 bridgehead atoms. The molecule has 0 heterocycles. The Kier molecular flexibility index (Phi) is 2.76. The van der Waals surface area contributed by atoms with Crippen molar-refractivity contribution >= 4 is 0 Å². The molecule has 1 N–H and O–H groups in total. The third-order valence-electron chi connectivity index (χ3n) is 8.17. The first-order valence-corrected chi connectivity index (χ1v) is 8.86. The van der Waals surface area contributed by atoms with Crippen molar-refractivity contribution in [1.82, 2.24) is 0 Å². The Morgan fingerprint density at radius 2 is 1.95 bits per heavy atom. The van der Waals surface area contributed by atoms with Crippen LogP contribution in [-0.4, -0.2) is 11.2 Å². The summed E-state index contributed by atoms with van der Waals surface area (Å²) in [5, 5.41) is 10.9. The third-order valence-corrected chi connectivity index (χ3v) is 8.17. The van der Waals surface area contributed by atoms with Gasteiger partial charge in [0.05, 0.1) is 6.10 Å². The minimum atomic E-state index is -0.199. The highest BCUT2D eigenvalue weighted by atomic mass is 16.3. The molecule has 1 heteroatoms. The molecule has 0 aromatic carbocycles. The van der Waals surface area contributed by atoms with Crippen LogP contribution in [-0.2, 0) is 0 Å². The summed E-state index contributed by atoms with van der Waals surface area (Å²) in [6.45, 7) is 9.31. The lowest BCUT2D eigenvalue weighted by atomic mass is 9.43. The van der Waals surface area contributed by atoms with Gasteiger partial charge in [0.15, 0.2) is 0 Å². The zero-order chi connectivity index (χ0) is 14.1. The molecule has 0 unspecified atom stereocenters. The van der Waals surface area contributed by atoms with Crippen molar-refractivity contribution in [3.05, 3.63) is 12.2 Å². The van der Waals surface area contributed by atoms with E-state index in [1.807, 2.05) is 0 Å². The summed E-state index contributed by atoms with van der Waals surface area (Å²) in [6.07, 6.45) is 10.5. The highest BCUT2D eigenvalue weighted by Gasteiger charge is 2.64. The fourth-order valence-corrected chi connectivity index (χ4v) is 7.28. The Balaban J connectivity index is 1.76. The number of hydrogen-bond donors (Lipinski definition) is 1. The van der Waals surface area contributed by atoms with E-state index in [1.165, 1.54) is 56.9 Å². The minimum absolute atomic E-state index is 0.199. The molecule has 20 heavy (non-hydrogen) atoms. The SMILES string of the molecule is C=C1[C@@H]2CC[C@H]3[C@]4(C)CCC[C@@H](C)[C@H]4CC[C@]3(C2)[C@H]1O. The molecule has 0 aliphatic heterocycles. The van der Waals surface area contributed by atoms with Gasteiger partial charge >= 0.3 is 0 Å². The molecule has 4 aliphatic rings. The molecule has 1 nitrogen and oxygen atoms in total. The van der Waals surface area contributed by atoms with Crippen LogP contribution >= 0.6 is 0 Å². The fourth-order valence-electron chi connectivity index (χ4n) is 7.28. The van der Waals surface area contributed by atoms with Gasteiger partial charge in [0.25, 0.3) is 0 Å². The molecule has 4 saturated carbocycles. The first kappa shape index (κ1) is 13.4. The Hall–Kier alpha value is -0.300. The van der Waals surface area contributed by atoms with E-state index in [9.17, 15) is 5.11 Å². The van der Waals surface area contributed by atoms with Crippen molar-refractivity contribution in [1.29, 1.82) is 0 Å². The summed E-state index contributed by atoms with van der Waals surface area (Å²) in [5.74, 6) is 3.18. The molecule has 4 aliphatic carbocycles. The van der Waals surface area contributed by atoms with Gasteiger partial charge in [-0.2, -0.15) is 0 Å². The van der Waals surface area contributed by atoms with Crippen LogP contribution in [0.25, 0.3) is 0 Å². The topological polar surface area (TPSA) is 20.2 Å². The largest absolute Gasteiger partial charge is 0.388 e. The predicted molar refractivity (Wildman–Crippen MR) is 82.3 cm³/mol. The van der Waals surface area contributed by atoms with Crippen molar-refractivity contribution < 1.29 is 5.11 Å². The second-order valence-corrected chi connectivity index (χ2v) is 8.76. The van der Waals surface area contributed by atoms with Gasteiger partial charge in [-0.25, -0.2) is 0 Å². The van der Waals surface area contributed by atoms with Crippen LogP contribution < -0.4 is 0 Å². The summed E-state index contributed by atoms with van der Waals surface area (Å²) in [5.41, 5.74) is 1.88. The molecule has 0 amide bonds. The van der Waals surface area contributed by atoms with E-state index in [0.29, 0.717) is 11.3 Å². The van der Waals surface area contributed by atoms with E-state index in [0.717, 1.165) is 17.8 Å². The first-order chi connectivity index (χ1) is 9.49. The summed E-state index contributed by atoms with van der Waals surface area (Å²) in [7, 11) is 0.